The van der Waals surface area contributed by atoms with E-state index in [1.165, 1.54) is 12.1 Å². The van der Waals surface area contributed by atoms with Gasteiger partial charge in [-0.05, 0) is 19.1 Å². The largest absolute Gasteiger partial charge is 0.382 e. The molecule has 0 aromatic heterocycles. The number of ether oxygens (including phenoxy) is 6. The molecule has 1 rings (SSSR count). The van der Waals surface area contributed by atoms with Gasteiger partial charge in [0.15, 0.2) is 0 Å². The van der Waals surface area contributed by atoms with Gasteiger partial charge in [0.05, 0.1) is 44.5 Å². The third-order valence-electron chi connectivity index (χ3n) is 4.02. The standard InChI is InChI=1S/C20H34O9S/c1-16-6-8-20(9-7-16)30(21,22)29-19(14-27-17(10-23-2)11-24-3)15-28-18(12-25-4)13-26-5/h6-9,17-19H,10-15H2,1-5H3. The van der Waals surface area contributed by atoms with Gasteiger partial charge in [-0.3, -0.25) is 4.18 Å². The van der Waals surface area contributed by atoms with Crippen molar-refractivity contribution in [2.75, 3.05) is 68.1 Å². The van der Waals surface area contributed by atoms with Crippen LogP contribution < -0.4 is 0 Å². The van der Waals surface area contributed by atoms with E-state index in [9.17, 15) is 8.42 Å². The lowest BCUT2D eigenvalue weighted by Crippen LogP contribution is -2.36. The molecule has 0 aliphatic rings. The van der Waals surface area contributed by atoms with E-state index < -0.39 is 16.2 Å². The molecule has 0 atom stereocenters. The van der Waals surface area contributed by atoms with Crippen LogP contribution in [0.5, 0.6) is 0 Å². The molecule has 0 N–H and O–H groups in total. The third kappa shape index (κ3) is 10.3. The zero-order chi connectivity index (χ0) is 22.4. The van der Waals surface area contributed by atoms with Crippen molar-refractivity contribution in [2.24, 2.45) is 0 Å². The first-order chi connectivity index (χ1) is 14.4. The molecule has 0 aliphatic heterocycles. The molecule has 0 saturated carbocycles. The molecule has 0 fully saturated rings. The second-order valence-corrected chi connectivity index (χ2v) is 8.29. The van der Waals surface area contributed by atoms with Crippen molar-refractivity contribution in [3.63, 3.8) is 0 Å². The van der Waals surface area contributed by atoms with Crippen LogP contribution in [0.4, 0.5) is 0 Å². The summed E-state index contributed by atoms with van der Waals surface area (Å²) in [5.74, 6) is 0. The minimum atomic E-state index is -4.01. The molecule has 0 saturated heterocycles. The highest BCUT2D eigenvalue weighted by Crippen LogP contribution is 2.16. The highest BCUT2D eigenvalue weighted by Gasteiger charge is 2.25. The third-order valence-corrected chi connectivity index (χ3v) is 5.39. The molecule has 0 bridgehead atoms. The minimum absolute atomic E-state index is 0.0326. The van der Waals surface area contributed by atoms with Crippen LogP contribution in [-0.2, 0) is 42.7 Å². The molecule has 30 heavy (non-hydrogen) atoms. The van der Waals surface area contributed by atoms with Crippen molar-refractivity contribution in [2.45, 2.75) is 30.1 Å². The van der Waals surface area contributed by atoms with Gasteiger partial charge in [-0.25, -0.2) is 0 Å². The fourth-order valence-corrected chi connectivity index (χ4v) is 3.61. The summed E-state index contributed by atoms with van der Waals surface area (Å²) >= 11 is 0. The van der Waals surface area contributed by atoms with Gasteiger partial charge in [-0.2, -0.15) is 8.42 Å². The Morgan fingerprint density at radius 1 is 0.667 bits per heavy atom. The van der Waals surface area contributed by atoms with Crippen molar-refractivity contribution >= 4 is 10.1 Å². The minimum Gasteiger partial charge on any atom is -0.382 e. The fourth-order valence-electron chi connectivity index (χ4n) is 2.56. The summed E-state index contributed by atoms with van der Waals surface area (Å²) in [6.45, 7) is 2.98. The summed E-state index contributed by atoms with van der Waals surface area (Å²) in [6, 6.07) is 6.42. The Balaban J connectivity index is 2.87. The van der Waals surface area contributed by atoms with Gasteiger partial charge in [-0.1, -0.05) is 17.7 Å². The van der Waals surface area contributed by atoms with Crippen LogP contribution in [0.25, 0.3) is 0 Å². The maximum atomic E-state index is 12.7. The summed E-state index contributed by atoms with van der Waals surface area (Å²) in [7, 11) is 2.18. The molecule has 0 amide bonds. The number of rotatable bonds is 17. The monoisotopic (exact) mass is 450 g/mol. The number of methoxy groups -OCH3 is 4. The lowest BCUT2D eigenvalue weighted by molar-refractivity contribution is -0.0978. The first kappa shape index (κ1) is 26.9. The van der Waals surface area contributed by atoms with Gasteiger partial charge in [0.25, 0.3) is 10.1 Å². The highest BCUT2D eigenvalue weighted by atomic mass is 32.2. The van der Waals surface area contributed by atoms with Crippen LogP contribution in [-0.4, -0.2) is 94.8 Å². The molecular formula is C20H34O9S. The highest BCUT2D eigenvalue weighted by molar-refractivity contribution is 7.86. The van der Waals surface area contributed by atoms with Crippen molar-refractivity contribution in [3.05, 3.63) is 29.8 Å². The molecule has 0 spiro atoms. The normalized spacial score (nSPS) is 12.4. The van der Waals surface area contributed by atoms with Crippen molar-refractivity contribution in [1.82, 2.24) is 0 Å². The zero-order valence-corrected chi connectivity index (χ0v) is 19.2. The predicted octanol–water partition coefficient (Wildman–Crippen LogP) is 1.42. The first-order valence-corrected chi connectivity index (χ1v) is 11.0. The van der Waals surface area contributed by atoms with Gasteiger partial charge in [0, 0.05) is 28.4 Å². The average Bonchev–Trinajstić information content (AvgIpc) is 2.70. The summed E-state index contributed by atoms with van der Waals surface area (Å²) in [4.78, 5) is 0.0637. The van der Waals surface area contributed by atoms with E-state index >= 15 is 0 Å². The van der Waals surface area contributed by atoms with Crippen LogP contribution >= 0.6 is 0 Å². The summed E-state index contributed by atoms with van der Waals surface area (Å²) in [6.07, 6.45) is -1.63. The maximum Gasteiger partial charge on any atom is 0.297 e. The molecule has 0 radical (unpaired) electrons. The summed E-state index contributed by atoms with van der Waals surface area (Å²) < 4.78 is 62.8. The van der Waals surface area contributed by atoms with Crippen LogP contribution in [0.2, 0.25) is 0 Å². The number of hydrogen-bond acceptors (Lipinski definition) is 9. The van der Waals surface area contributed by atoms with E-state index in [1.807, 2.05) is 6.92 Å². The Morgan fingerprint density at radius 3 is 1.43 bits per heavy atom. The summed E-state index contributed by atoms with van der Waals surface area (Å²) in [5.41, 5.74) is 0.945. The topological polar surface area (TPSA) is 98.8 Å². The molecule has 174 valence electrons. The first-order valence-electron chi connectivity index (χ1n) is 9.55. The fraction of sp³-hybridized carbons (Fsp3) is 0.700. The Kier molecular flexibility index (Phi) is 13.3. The predicted molar refractivity (Wildman–Crippen MR) is 110 cm³/mol. The Labute approximate surface area is 179 Å². The van der Waals surface area contributed by atoms with E-state index in [0.717, 1.165) is 5.56 Å². The summed E-state index contributed by atoms with van der Waals surface area (Å²) in [5, 5.41) is 0. The molecular weight excluding hydrogens is 416 g/mol. The van der Waals surface area contributed by atoms with Crippen LogP contribution in [0, 0.1) is 6.92 Å². The van der Waals surface area contributed by atoms with Gasteiger partial charge in [0.2, 0.25) is 0 Å². The molecule has 0 heterocycles. The van der Waals surface area contributed by atoms with Gasteiger partial charge in [-0.15, -0.1) is 0 Å². The van der Waals surface area contributed by atoms with E-state index in [4.69, 9.17) is 32.6 Å². The smallest absolute Gasteiger partial charge is 0.297 e. The van der Waals surface area contributed by atoms with Gasteiger partial charge < -0.3 is 28.4 Å². The number of aryl methyl sites for hydroxylation is 1. The Hall–Kier alpha value is -1.11. The molecule has 9 nitrogen and oxygen atoms in total. The average molecular weight is 451 g/mol. The zero-order valence-electron chi connectivity index (χ0n) is 18.4. The quantitative estimate of drug-likeness (QED) is 0.326. The lowest BCUT2D eigenvalue weighted by Gasteiger charge is -2.24. The maximum absolute atomic E-state index is 12.7. The van der Waals surface area contributed by atoms with Crippen LogP contribution in [0.15, 0.2) is 29.2 Å². The van der Waals surface area contributed by atoms with Crippen LogP contribution in [0.1, 0.15) is 5.56 Å². The van der Waals surface area contributed by atoms with Crippen molar-refractivity contribution < 1.29 is 41.0 Å². The second kappa shape index (κ2) is 14.8. The molecule has 1 aromatic carbocycles. The van der Waals surface area contributed by atoms with E-state index in [1.54, 1.807) is 40.6 Å². The molecule has 0 unspecified atom stereocenters. The Morgan fingerprint density at radius 2 is 1.07 bits per heavy atom. The van der Waals surface area contributed by atoms with Crippen molar-refractivity contribution in [3.8, 4) is 0 Å². The van der Waals surface area contributed by atoms with Crippen molar-refractivity contribution in [1.29, 1.82) is 0 Å². The van der Waals surface area contributed by atoms with Gasteiger partial charge >= 0.3 is 0 Å². The lowest BCUT2D eigenvalue weighted by atomic mass is 10.2. The SMILES string of the molecule is COCC(COC)OCC(COC(COC)COC)OS(=O)(=O)c1ccc(C)cc1. The Bertz CT molecular complexity index is 631. The molecule has 10 heteroatoms. The van der Waals surface area contributed by atoms with E-state index in [0.29, 0.717) is 26.4 Å². The van der Waals surface area contributed by atoms with Gasteiger partial charge in [0.1, 0.15) is 18.3 Å². The van der Waals surface area contributed by atoms with E-state index in [2.05, 4.69) is 0 Å². The molecule has 1 aromatic rings. The molecule has 0 aliphatic carbocycles. The van der Waals surface area contributed by atoms with E-state index in [-0.39, 0.29) is 30.3 Å². The second-order valence-electron chi connectivity index (χ2n) is 6.72. The number of benzene rings is 1. The van der Waals surface area contributed by atoms with Crippen LogP contribution in [0.3, 0.4) is 0 Å². The number of hydrogen-bond donors (Lipinski definition) is 0.